The Labute approximate surface area is 716 Å². The molecule has 8 aromatic carbocycles. The maximum Gasteiger partial charge on any atom is 0.253 e. The molecule has 0 spiro atoms. The molecule has 12 heterocycles. The number of H-pyrrole nitrogens is 2. The van der Waals surface area contributed by atoms with E-state index in [1.807, 2.05) is 227 Å². The van der Waals surface area contributed by atoms with E-state index in [1.54, 1.807) is 0 Å². The van der Waals surface area contributed by atoms with Crippen molar-refractivity contribution in [3.8, 4) is 44.6 Å². The molecule has 23 heteroatoms. The second-order valence-corrected chi connectivity index (χ2v) is 33.2. The number of aromatic amines is 2. The number of hydrogen-bond acceptors (Lipinski definition) is 12. The molecular weight excluding hydrogens is 1530 g/mol. The number of carbonyl (C=O) groups excluding carboxylic acids is 4. The normalized spacial score (nSPS) is 16.0. The first-order valence-corrected chi connectivity index (χ1v) is 43.5. The van der Waals surface area contributed by atoms with Crippen molar-refractivity contribution in [3.63, 3.8) is 0 Å². The van der Waals surface area contributed by atoms with E-state index in [9.17, 15) is 19.2 Å². The zero-order valence-electron chi connectivity index (χ0n) is 69.8. The summed E-state index contributed by atoms with van der Waals surface area (Å²) in [4.78, 5) is 63.3. The van der Waals surface area contributed by atoms with Crippen molar-refractivity contribution in [2.45, 2.75) is 110 Å². The van der Waals surface area contributed by atoms with Crippen LogP contribution in [0.15, 0.2) is 280 Å². The van der Waals surface area contributed by atoms with Gasteiger partial charge in [0.25, 0.3) is 11.8 Å². The van der Waals surface area contributed by atoms with E-state index in [2.05, 4.69) is 155 Å². The SMILES string of the molecule is Cn1cc(-c2ccc3c(cnn3CC3CCN(C(=O)c4ccccc4)CC3)c2)cn1.O=C(CCc1ccccc1)N1CCC(Cn2ncc3cc(-c4ccccn4)ccc32)CC1.O=C(Cc1ccccc1)N1CCCC(Cn2ncc3cc(-c4cn[nH]c4)ccc32)CC1.O=C(c1ccccc1)N1CCCC(Cn2ncc3cc(-c4cn[nH]c4)ccc32)CC1. The first kappa shape index (κ1) is 81.7. The summed E-state index contributed by atoms with van der Waals surface area (Å²) < 4.78 is 10.3. The van der Waals surface area contributed by atoms with Crippen molar-refractivity contribution >= 4 is 67.2 Å². The summed E-state index contributed by atoms with van der Waals surface area (Å²) in [6.07, 6.45) is 33.3. The summed E-state index contributed by atoms with van der Waals surface area (Å²) in [7, 11) is 1.93. The van der Waals surface area contributed by atoms with Crippen LogP contribution in [-0.2, 0) is 55.7 Å². The molecule has 4 fully saturated rings. The second kappa shape index (κ2) is 39.2. The first-order valence-electron chi connectivity index (χ1n) is 43.5. The van der Waals surface area contributed by atoms with Gasteiger partial charge in [-0.3, -0.25) is 57.8 Å². The van der Waals surface area contributed by atoms with Crippen LogP contribution in [0.1, 0.15) is 102 Å². The van der Waals surface area contributed by atoms with E-state index in [-0.39, 0.29) is 23.6 Å². The number of likely N-dealkylation sites (tertiary alicyclic amines) is 4. The first-order chi connectivity index (χ1) is 60.5. The van der Waals surface area contributed by atoms with Gasteiger partial charge in [-0.1, -0.05) is 127 Å². The Morgan fingerprint density at radius 1 is 0.350 bits per heavy atom. The Hall–Kier alpha value is -13.7. The van der Waals surface area contributed by atoms with E-state index in [0.29, 0.717) is 36.5 Å². The molecule has 0 aliphatic carbocycles. The highest BCUT2D eigenvalue weighted by molar-refractivity contribution is 5.95. The quantitative estimate of drug-likeness (QED) is 0.0768. The molecule has 23 nitrogen and oxygen atoms in total. The Morgan fingerprint density at radius 3 is 1.15 bits per heavy atom. The molecule has 123 heavy (non-hydrogen) atoms. The van der Waals surface area contributed by atoms with Gasteiger partial charge >= 0.3 is 0 Å². The smallest absolute Gasteiger partial charge is 0.253 e. The summed E-state index contributed by atoms with van der Waals surface area (Å²) in [6, 6.07) is 71.2. The maximum atomic E-state index is 12.8. The minimum atomic E-state index is 0.140. The summed E-state index contributed by atoms with van der Waals surface area (Å²) >= 11 is 0. The molecule has 4 amide bonds. The molecule has 2 atom stereocenters. The van der Waals surface area contributed by atoms with Crippen molar-refractivity contribution in [2.24, 2.45) is 30.7 Å². The lowest BCUT2D eigenvalue weighted by atomic mass is 9.96. The van der Waals surface area contributed by atoms with Gasteiger partial charge in [0.15, 0.2) is 0 Å². The van der Waals surface area contributed by atoms with Gasteiger partial charge in [0, 0.05) is 172 Å². The van der Waals surface area contributed by atoms with Crippen LogP contribution in [0.4, 0.5) is 0 Å². The fraction of sp³-hybridized carbons (Fsp3) is 0.300. The molecule has 0 bridgehead atoms. The largest absolute Gasteiger partial charge is 0.343 e. The van der Waals surface area contributed by atoms with Crippen LogP contribution in [0, 0.1) is 23.7 Å². The number of rotatable bonds is 19. The fourth-order valence-electron chi connectivity index (χ4n) is 17.8. The van der Waals surface area contributed by atoms with Crippen LogP contribution in [-0.4, -0.2) is 170 Å². The van der Waals surface area contributed by atoms with Crippen molar-refractivity contribution in [1.82, 2.24) is 93.9 Å². The molecule has 0 saturated carbocycles. The number of carbonyl (C=O) groups is 4. The van der Waals surface area contributed by atoms with E-state index in [4.69, 9.17) is 0 Å². The molecule has 16 aromatic rings. The number of pyridine rings is 1. The zero-order chi connectivity index (χ0) is 83.6. The summed E-state index contributed by atoms with van der Waals surface area (Å²) in [5.74, 6) is 2.94. The molecule has 2 N–H and O–H groups in total. The number of benzene rings is 8. The third-order valence-electron chi connectivity index (χ3n) is 24.9. The Morgan fingerprint density at radius 2 is 0.732 bits per heavy atom. The standard InChI is InChI=1S/C27H28N4O.C25H27N5O.2C24H25N5O/c32-27(12-9-21-6-2-1-3-7-21)30-16-13-22(14-17-30)20-31-26-11-10-23(18-24(26)19-29-31)25-8-4-5-15-28-25;31-25(13-19-5-2-1-3-6-19)29-11-4-7-20(10-12-29)18-30-24-9-8-21(14-22(24)17-28-30)23-15-26-27-16-23;1-27-17-22(15-25-27)20-7-8-23-21(13-20)14-26-29(23)16-18-9-11-28(12-10-18)24(30)19-5-3-2-4-6-19;30-24(19-6-2-1-3-7-19)28-11-4-5-18(10-12-28)17-29-23-9-8-20(13-21(23)16-27-29)22-14-25-26-15-22/h1-8,10-11,15,18-19,22H,9,12-14,16-17,20H2;1-3,5-6,8-9,14-17,20H,4,7,10-13,18H2,(H,26,27);2-8,13-15,17-18H,9-12,16H2,1H3;1-3,6-9,13-16,18H,4-5,10-12,17H2,(H,25,26). The Balaban J connectivity index is 0.000000116. The maximum absolute atomic E-state index is 12.8. The van der Waals surface area contributed by atoms with Gasteiger partial charge in [0.1, 0.15) is 0 Å². The second-order valence-electron chi connectivity index (χ2n) is 33.2. The Bertz CT molecular complexity index is 6130. The minimum Gasteiger partial charge on any atom is -0.343 e. The van der Waals surface area contributed by atoms with Crippen LogP contribution < -0.4 is 0 Å². The number of nitrogens with zero attached hydrogens (tertiary/aromatic N) is 17. The highest BCUT2D eigenvalue weighted by Crippen LogP contribution is 2.33. The average Bonchev–Trinajstić information content (AvgIpc) is 1.69. The number of hydrogen-bond donors (Lipinski definition) is 2. The molecule has 624 valence electrons. The molecular formula is C100H105N19O4. The van der Waals surface area contributed by atoms with Crippen molar-refractivity contribution < 1.29 is 19.2 Å². The van der Waals surface area contributed by atoms with Crippen molar-refractivity contribution in [1.29, 1.82) is 0 Å². The third-order valence-corrected chi connectivity index (χ3v) is 24.9. The average molecular weight is 1640 g/mol. The minimum absolute atomic E-state index is 0.140. The molecule has 0 radical (unpaired) electrons. The van der Waals surface area contributed by atoms with E-state index < -0.39 is 0 Å². The predicted octanol–water partition coefficient (Wildman–Crippen LogP) is 17.6. The molecule has 4 saturated heterocycles. The van der Waals surface area contributed by atoms with Crippen molar-refractivity contribution in [3.05, 3.63) is 303 Å². The van der Waals surface area contributed by atoms with Gasteiger partial charge in [-0.25, -0.2) is 0 Å². The Kier molecular flexibility index (Phi) is 26.0. The fourth-order valence-corrected chi connectivity index (χ4v) is 17.8. The number of nitrogens with one attached hydrogen (secondary N) is 2. The summed E-state index contributed by atoms with van der Waals surface area (Å²) in [5, 5.41) is 41.3. The van der Waals surface area contributed by atoms with Gasteiger partial charge in [-0.2, -0.15) is 35.7 Å². The summed E-state index contributed by atoms with van der Waals surface area (Å²) in [6.45, 7) is 10.2. The lowest BCUT2D eigenvalue weighted by Gasteiger charge is -2.32. The van der Waals surface area contributed by atoms with Gasteiger partial charge in [-0.15, -0.1) is 0 Å². The van der Waals surface area contributed by atoms with Crippen LogP contribution in [0.3, 0.4) is 0 Å². The highest BCUT2D eigenvalue weighted by Gasteiger charge is 2.29. The number of piperidine rings is 2. The lowest BCUT2D eigenvalue weighted by Crippen LogP contribution is -2.39. The van der Waals surface area contributed by atoms with Crippen LogP contribution >= 0.6 is 0 Å². The van der Waals surface area contributed by atoms with Gasteiger partial charge in [0.2, 0.25) is 11.8 Å². The monoisotopic (exact) mass is 1640 g/mol. The molecule has 4 aliphatic heterocycles. The lowest BCUT2D eigenvalue weighted by molar-refractivity contribution is -0.132. The van der Waals surface area contributed by atoms with Gasteiger partial charge in [0.05, 0.1) is 77.6 Å². The van der Waals surface area contributed by atoms with Crippen LogP contribution in [0.5, 0.6) is 0 Å². The van der Waals surface area contributed by atoms with E-state index in [1.165, 1.54) is 5.56 Å². The number of aryl methyl sites for hydroxylation is 2. The summed E-state index contributed by atoms with van der Waals surface area (Å²) in [5.41, 5.74) is 17.3. The van der Waals surface area contributed by atoms with Crippen LogP contribution in [0.2, 0.25) is 0 Å². The van der Waals surface area contributed by atoms with E-state index in [0.717, 1.165) is 254 Å². The third kappa shape index (κ3) is 20.5. The van der Waals surface area contributed by atoms with Gasteiger partial charge < -0.3 is 19.6 Å². The highest BCUT2D eigenvalue weighted by atomic mass is 16.2. The molecule has 2 unspecified atom stereocenters. The number of fused-ring (bicyclic) bond motifs is 4. The van der Waals surface area contributed by atoms with E-state index >= 15 is 0 Å². The van der Waals surface area contributed by atoms with Crippen molar-refractivity contribution in [2.75, 3.05) is 52.4 Å². The molecule has 20 rings (SSSR count). The molecule has 8 aromatic heterocycles. The number of aromatic nitrogens is 15. The van der Waals surface area contributed by atoms with Crippen LogP contribution in [0.25, 0.3) is 88.2 Å². The molecule has 4 aliphatic rings. The topological polar surface area (TPSA) is 241 Å². The predicted molar refractivity (Wildman–Crippen MR) is 482 cm³/mol. The number of amides is 4. The van der Waals surface area contributed by atoms with Gasteiger partial charge in [-0.05, 0) is 207 Å². The zero-order valence-corrected chi connectivity index (χ0v) is 69.8.